The second-order valence-corrected chi connectivity index (χ2v) is 7.69. The highest BCUT2D eigenvalue weighted by Crippen LogP contribution is 2.23. The lowest BCUT2D eigenvalue weighted by molar-refractivity contribution is -0.384. The number of non-ortho nitro benzene ring substituents is 1. The van der Waals surface area contributed by atoms with Crippen LogP contribution in [-0.4, -0.2) is 20.4 Å². The first-order chi connectivity index (χ1) is 15.3. The highest BCUT2D eigenvalue weighted by atomic mass is 35.5. The number of esters is 1. The number of carbonyl (C=O) groups excluding carboxylic acids is 1. The summed E-state index contributed by atoms with van der Waals surface area (Å²) in [5.74, 6) is -1.08. The van der Waals surface area contributed by atoms with Crippen LogP contribution in [0, 0.1) is 17.0 Å². The second-order valence-electron chi connectivity index (χ2n) is 7.33. The number of fused-ring (bicyclic) bond motifs is 2. The predicted octanol–water partition coefficient (Wildman–Crippen LogP) is 4.54. The number of rotatable bonds is 7. The van der Waals surface area contributed by atoms with Gasteiger partial charge in [0.05, 0.1) is 22.0 Å². The van der Waals surface area contributed by atoms with Crippen LogP contribution in [0.2, 0.25) is 5.15 Å². The molecule has 32 heavy (non-hydrogen) atoms. The highest BCUT2D eigenvalue weighted by Gasteiger charge is 2.15. The summed E-state index contributed by atoms with van der Waals surface area (Å²) in [4.78, 5) is 38.9. The van der Waals surface area contributed by atoms with Crippen molar-refractivity contribution >= 4 is 45.3 Å². The topological polar surface area (TPSA) is 117 Å². The Balaban J connectivity index is 1.36. The molecule has 0 saturated carbocycles. The number of aromatic nitrogens is 2. The van der Waals surface area contributed by atoms with Crippen molar-refractivity contribution in [3.8, 4) is 0 Å². The van der Waals surface area contributed by atoms with E-state index in [2.05, 4.69) is 4.98 Å². The van der Waals surface area contributed by atoms with Crippen LogP contribution in [0.4, 0.5) is 5.69 Å². The molecule has 0 saturated heterocycles. The van der Waals surface area contributed by atoms with E-state index in [9.17, 15) is 19.7 Å². The van der Waals surface area contributed by atoms with Gasteiger partial charge in [-0.2, -0.15) is 0 Å². The molecule has 0 radical (unpaired) electrons. The molecule has 0 fully saturated rings. The quantitative estimate of drug-likeness (QED) is 0.174. The van der Waals surface area contributed by atoms with Gasteiger partial charge in [-0.15, -0.1) is 0 Å². The van der Waals surface area contributed by atoms with Crippen molar-refractivity contribution in [2.24, 2.45) is 0 Å². The largest absolute Gasteiger partial charge is 0.461 e. The molecule has 4 aromatic rings. The molecule has 0 spiro atoms. The van der Waals surface area contributed by atoms with Crippen LogP contribution < -0.4 is 5.76 Å². The fourth-order valence-electron chi connectivity index (χ4n) is 3.39. The van der Waals surface area contributed by atoms with E-state index in [0.29, 0.717) is 17.5 Å². The second kappa shape index (κ2) is 8.80. The Morgan fingerprint density at radius 2 is 2.06 bits per heavy atom. The first-order valence-corrected chi connectivity index (χ1v) is 10.2. The Labute approximate surface area is 186 Å². The number of pyridine rings is 1. The van der Waals surface area contributed by atoms with Crippen molar-refractivity contribution in [2.75, 3.05) is 0 Å². The predicted molar refractivity (Wildman–Crippen MR) is 118 cm³/mol. The molecule has 0 unspecified atom stereocenters. The van der Waals surface area contributed by atoms with Crippen LogP contribution in [0.5, 0.6) is 0 Å². The average molecular weight is 456 g/mol. The summed E-state index contributed by atoms with van der Waals surface area (Å²) in [6, 6.07) is 11.6. The molecule has 10 heteroatoms. The summed E-state index contributed by atoms with van der Waals surface area (Å²) in [7, 11) is 0. The van der Waals surface area contributed by atoms with E-state index in [0.717, 1.165) is 16.5 Å². The third kappa shape index (κ3) is 4.47. The van der Waals surface area contributed by atoms with Gasteiger partial charge in [0.2, 0.25) is 0 Å². The lowest BCUT2D eigenvalue weighted by atomic mass is 10.1. The number of nitro benzene ring substituents is 1. The van der Waals surface area contributed by atoms with E-state index in [1.54, 1.807) is 0 Å². The zero-order chi connectivity index (χ0) is 22.8. The molecule has 0 bridgehead atoms. The highest BCUT2D eigenvalue weighted by molar-refractivity contribution is 6.30. The summed E-state index contributed by atoms with van der Waals surface area (Å²) < 4.78 is 11.7. The number of carbonyl (C=O) groups is 1. The maximum absolute atomic E-state index is 12.2. The minimum absolute atomic E-state index is 0.00720. The van der Waals surface area contributed by atoms with Crippen LogP contribution >= 0.6 is 11.6 Å². The number of halogens is 1. The fourth-order valence-corrected chi connectivity index (χ4v) is 3.59. The van der Waals surface area contributed by atoms with Gasteiger partial charge in [0.1, 0.15) is 11.8 Å². The van der Waals surface area contributed by atoms with Crippen molar-refractivity contribution in [3.63, 3.8) is 0 Å². The number of hydrogen-bond donors (Lipinski definition) is 0. The third-order valence-electron chi connectivity index (χ3n) is 5.01. The standard InChI is InChI=1S/C22H18ClN3O6/c1-13-4-5-14-10-15(21(23)24-17(14)9-13)12-31-20(27)3-2-8-25-18-7-6-16(26(29)30)11-19(18)32-22(25)28/h4-7,9-11H,2-3,8,12H2,1H3. The summed E-state index contributed by atoms with van der Waals surface area (Å²) in [6.07, 6.45) is 0.400. The Morgan fingerprint density at radius 1 is 1.25 bits per heavy atom. The molecule has 0 atom stereocenters. The fraction of sp³-hybridized carbons (Fsp3) is 0.227. The van der Waals surface area contributed by atoms with Crippen LogP contribution in [0.25, 0.3) is 22.0 Å². The van der Waals surface area contributed by atoms with Gasteiger partial charge >= 0.3 is 11.7 Å². The van der Waals surface area contributed by atoms with Crippen LogP contribution in [-0.2, 0) is 22.7 Å². The average Bonchev–Trinajstić information content (AvgIpc) is 3.06. The molecule has 9 nitrogen and oxygen atoms in total. The van der Waals surface area contributed by atoms with Gasteiger partial charge in [0.25, 0.3) is 5.69 Å². The maximum atomic E-state index is 12.2. The molecule has 2 heterocycles. The van der Waals surface area contributed by atoms with Crippen molar-refractivity contribution < 1.29 is 18.9 Å². The van der Waals surface area contributed by atoms with Gasteiger partial charge < -0.3 is 9.15 Å². The Morgan fingerprint density at radius 3 is 2.84 bits per heavy atom. The Bertz CT molecular complexity index is 1410. The molecule has 4 rings (SSSR count). The van der Waals surface area contributed by atoms with Crippen LogP contribution in [0.3, 0.4) is 0 Å². The number of nitro groups is 1. The number of benzene rings is 2. The number of oxazole rings is 1. The summed E-state index contributed by atoms with van der Waals surface area (Å²) in [6.45, 7) is 2.16. The zero-order valence-electron chi connectivity index (χ0n) is 17.0. The first kappa shape index (κ1) is 21.5. The zero-order valence-corrected chi connectivity index (χ0v) is 17.8. The van der Waals surface area contributed by atoms with Crippen molar-refractivity contribution in [1.82, 2.24) is 9.55 Å². The molecule has 164 valence electrons. The monoisotopic (exact) mass is 455 g/mol. The molecular weight excluding hydrogens is 438 g/mol. The van der Waals surface area contributed by atoms with E-state index >= 15 is 0 Å². The SMILES string of the molecule is Cc1ccc2cc(COC(=O)CCCn3c(=O)oc4cc([N+](=O)[O-])ccc43)c(Cl)nc2c1. The van der Waals surface area contributed by atoms with Gasteiger partial charge in [0.15, 0.2) is 5.58 Å². The van der Waals surface area contributed by atoms with E-state index in [1.807, 2.05) is 31.2 Å². The molecule has 0 aliphatic rings. The molecule has 2 aromatic carbocycles. The number of aryl methyl sites for hydroxylation is 2. The first-order valence-electron chi connectivity index (χ1n) is 9.81. The number of nitrogens with zero attached hydrogens (tertiary/aromatic N) is 3. The van der Waals surface area contributed by atoms with Crippen molar-refractivity contribution in [2.45, 2.75) is 32.9 Å². The third-order valence-corrected chi connectivity index (χ3v) is 5.34. The lowest BCUT2D eigenvalue weighted by Crippen LogP contribution is -2.15. The van der Waals surface area contributed by atoms with Gasteiger partial charge in [-0.3, -0.25) is 19.5 Å². The minimum Gasteiger partial charge on any atom is -0.461 e. The van der Waals surface area contributed by atoms with E-state index in [-0.39, 0.29) is 36.0 Å². The number of ether oxygens (including phenoxy) is 1. The Hall–Kier alpha value is -3.72. The smallest absolute Gasteiger partial charge is 0.419 e. The van der Waals surface area contributed by atoms with Gasteiger partial charge in [-0.05, 0) is 37.1 Å². The molecule has 0 amide bonds. The summed E-state index contributed by atoms with van der Waals surface area (Å²) in [5, 5.41) is 12.0. The normalized spacial score (nSPS) is 11.2. The molecule has 0 aliphatic heterocycles. The van der Waals surface area contributed by atoms with Gasteiger partial charge in [-0.1, -0.05) is 23.7 Å². The van der Waals surface area contributed by atoms with E-state index in [4.69, 9.17) is 20.8 Å². The van der Waals surface area contributed by atoms with Crippen LogP contribution in [0.1, 0.15) is 24.0 Å². The van der Waals surface area contributed by atoms with E-state index in [1.165, 1.54) is 22.8 Å². The van der Waals surface area contributed by atoms with Crippen molar-refractivity contribution in [1.29, 1.82) is 0 Å². The summed E-state index contributed by atoms with van der Waals surface area (Å²) >= 11 is 6.22. The summed E-state index contributed by atoms with van der Waals surface area (Å²) in [5.41, 5.74) is 2.84. The molecule has 0 aliphatic carbocycles. The van der Waals surface area contributed by atoms with Crippen LogP contribution in [0.15, 0.2) is 51.7 Å². The molecule has 0 N–H and O–H groups in total. The van der Waals surface area contributed by atoms with Gasteiger partial charge in [-0.25, -0.2) is 9.78 Å². The minimum atomic E-state index is -0.641. The molecule has 2 aromatic heterocycles. The Kier molecular flexibility index (Phi) is 5.91. The van der Waals surface area contributed by atoms with Gasteiger partial charge in [0, 0.05) is 30.0 Å². The van der Waals surface area contributed by atoms with Crippen molar-refractivity contribution in [3.05, 3.63) is 79.4 Å². The maximum Gasteiger partial charge on any atom is 0.419 e. The van der Waals surface area contributed by atoms with E-state index < -0.39 is 16.6 Å². The lowest BCUT2D eigenvalue weighted by Gasteiger charge is -2.08. The molecular formula is C22H18ClN3O6. The number of hydrogen-bond acceptors (Lipinski definition) is 7.